The number of fused-ring (bicyclic) bond motifs is 1. The Bertz CT molecular complexity index is 830. The van der Waals surface area contributed by atoms with Gasteiger partial charge in [-0.2, -0.15) is 13.2 Å². The van der Waals surface area contributed by atoms with Crippen LogP contribution in [0.3, 0.4) is 0 Å². The van der Waals surface area contributed by atoms with Gasteiger partial charge in [0.25, 0.3) is 0 Å². The molecule has 6 heteroatoms. The van der Waals surface area contributed by atoms with E-state index in [1.54, 1.807) is 11.9 Å². The number of nitrogens with zero attached hydrogens (tertiary/aromatic N) is 2. The molecule has 1 aliphatic heterocycles. The van der Waals surface area contributed by atoms with Crippen molar-refractivity contribution >= 4 is 17.3 Å². The Labute approximate surface area is 156 Å². The molecule has 0 radical (unpaired) electrons. The van der Waals surface area contributed by atoms with E-state index < -0.39 is 11.7 Å². The zero-order chi connectivity index (χ0) is 19.6. The molecular weight excluding hydrogens is 353 g/mol. The van der Waals surface area contributed by atoms with E-state index in [1.165, 1.54) is 18.2 Å². The maximum absolute atomic E-state index is 12.9. The Morgan fingerprint density at radius 2 is 1.89 bits per heavy atom. The van der Waals surface area contributed by atoms with E-state index in [1.807, 2.05) is 29.2 Å². The lowest BCUT2D eigenvalue weighted by atomic mass is 9.91. The van der Waals surface area contributed by atoms with E-state index in [-0.39, 0.29) is 11.8 Å². The number of hydrogen-bond acceptors (Lipinski definition) is 2. The third-order valence-electron chi connectivity index (χ3n) is 4.82. The highest BCUT2D eigenvalue weighted by Gasteiger charge is 2.31. The number of alkyl halides is 3. The molecule has 2 aromatic carbocycles. The lowest BCUT2D eigenvalue weighted by Crippen LogP contribution is -2.39. The highest BCUT2D eigenvalue weighted by atomic mass is 19.4. The predicted octanol–water partition coefficient (Wildman–Crippen LogP) is 4.66. The van der Waals surface area contributed by atoms with Crippen molar-refractivity contribution in [2.75, 3.05) is 25.0 Å². The molecule has 0 aliphatic carbocycles. The molecule has 142 valence electrons. The summed E-state index contributed by atoms with van der Waals surface area (Å²) in [6.07, 6.45) is -2.26. The number of anilines is 2. The minimum Gasteiger partial charge on any atom is -0.342 e. The fourth-order valence-electron chi connectivity index (χ4n) is 3.51. The highest BCUT2D eigenvalue weighted by Crippen LogP contribution is 2.37. The number of benzene rings is 2. The molecule has 3 nitrogen and oxygen atoms in total. The molecule has 0 bridgehead atoms. The molecule has 1 unspecified atom stereocenters. The van der Waals surface area contributed by atoms with E-state index in [4.69, 9.17) is 0 Å². The summed E-state index contributed by atoms with van der Waals surface area (Å²) in [6.45, 7) is 4.68. The SMILES string of the molecule is C=CC(=O)N(C)CC1Cc2ccccc2N(c2ccc(C(F)(F)F)cc2)C1. The summed E-state index contributed by atoms with van der Waals surface area (Å²) in [5.74, 6) is 0.0195. The summed E-state index contributed by atoms with van der Waals surface area (Å²) < 4.78 is 38.6. The van der Waals surface area contributed by atoms with E-state index >= 15 is 0 Å². The van der Waals surface area contributed by atoms with E-state index in [0.29, 0.717) is 18.8 Å². The van der Waals surface area contributed by atoms with Gasteiger partial charge in [0.2, 0.25) is 5.91 Å². The number of para-hydroxylation sites is 1. The van der Waals surface area contributed by atoms with Crippen LogP contribution in [0.1, 0.15) is 11.1 Å². The molecule has 0 N–H and O–H groups in total. The zero-order valence-corrected chi connectivity index (χ0v) is 15.0. The molecule has 0 saturated carbocycles. The average molecular weight is 374 g/mol. The molecule has 1 atom stereocenters. The maximum Gasteiger partial charge on any atom is 0.416 e. The monoisotopic (exact) mass is 374 g/mol. The van der Waals surface area contributed by atoms with Crippen molar-refractivity contribution < 1.29 is 18.0 Å². The van der Waals surface area contributed by atoms with Gasteiger partial charge in [-0.1, -0.05) is 24.8 Å². The molecule has 27 heavy (non-hydrogen) atoms. The summed E-state index contributed by atoms with van der Waals surface area (Å²) in [5, 5.41) is 0. The van der Waals surface area contributed by atoms with Gasteiger partial charge in [0.05, 0.1) is 5.56 Å². The van der Waals surface area contributed by atoms with Crippen LogP contribution >= 0.6 is 0 Å². The second-order valence-corrected chi connectivity index (χ2v) is 6.78. The molecule has 1 heterocycles. The van der Waals surface area contributed by atoms with Crippen LogP contribution in [0.15, 0.2) is 61.2 Å². The van der Waals surface area contributed by atoms with Gasteiger partial charge in [0, 0.05) is 31.5 Å². The van der Waals surface area contributed by atoms with Crippen molar-refractivity contribution in [3.63, 3.8) is 0 Å². The summed E-state index contributed by atoms with van der Waals surface area (Å²) in [5.41, 5.74) is 2.15. The Hall–Kier alpha value is -2.76. The Balaban J connectivity index is 1.89. The Morgan fingerprint density at radius 3 is 2.52 bits per heavy atom. The topological polar surface area (TPSA) is 23.6 Å². The third-order valence-corrected chi connectivity index (χ3v) is 4.82. The average Bonchev–Trinajstić information content (AvgIpc) is 2.66. The molecule has 3 rings (SSSR count). The van der Waals surface area contributed by atoms with Crippen LogP contribution in [0.4, 0.5) is 24.5 Å². The smallest absolute Gasteiger partial charge is 0.342 e. The first kappa shape index (κ1) is 19.0. The van der Waals surface area contributed by atoms with Crippen LogP contribution in [0, 0.1) is 5.92 Å². The number of amides is 1. The van der Waals surface area contributed by atoms with Crippen LogP contribution in [0.2, 0.25) is 0 Å². The minimum atomic E-state index is -4.35. The standard InChI is InChI=1S/C21H21F3N2O/c1-3-20(27)25(2)13-15-12-16-6-4-5-7-19(16)26(14-15)18-10-8-17(9-11-18)21(22,23)24/h3-11,15H,1,12-14H2,2H3. The molecule has 0 aromatic heterocycles. The lowest BCUT2D eigenvalue weighted by molar-refractivity contribution is -0.137. The van der Waals surface area contributed by atoms with Crippen LogP contribution in [-0.4, -0.2) is 30.9 Å². The molecular formula is C21H21F3N2O. The molecule has 1 aliphatic rings. The molecule has 0 fully saturated rings. The Kier molecular flexibility index (Phi) is 5.26. The van der Waals surface area contributed by atoms with E-state index in [9.17, 15) is 18.0 Å². The summed E-state index contributed by atoms with van der Waals surface area (Å²) in [4.78, 5) is 15.4. The number of likely N-dealkylation sites (N-methyl/N-ethyl adjacent to an activating group) is 1. The Morgan fingerprint density at radius 1 is 1.22 bits per heavy atom. The van der Waals surface area contributed by atoms with E-state index in [2.05, 4.69) is 6.58 Å². The quantitative estimate of drug-likeness (QED) is 0.727. The van der Waals surface area contributed by atoms with Crippen LogP contribution < -0.4 is 4.90 Å². The number of rotatable bonds is 4. The number of carbonyl (C=O) groups excluding carboxylic acids is 1. The van der Waals surface area contributed by atoms with Gasteiger partial charge in [-0.15, -0.1) is 0 Å². The van der Waals surface area contributed by atoms with Crippen molar-refractivity contribution in [1.82, 2.24) is 4.90 Å². The predicted molar refractivity (Wildman–Crippen MR) is 99.9 cm³/mol. The lowest BCUT2D eigenvalue weighted by Gasteiger charge is -2.37. The molecule has 1 amide bonds. The first-order chi connectivity index (χ1) is 12.8. The first-order valence-corrected chi connectivity index (χ1v) is 8.70. The van der Waals surface area contributed by atoms with Crippen molar-refractivity contribution in [3.8, 4) is 0 Å². The van der Waals surface area contributed by atoms with Crippen LogP contribution in [0.25, 0.3) is 0 Å². The van der Waals surface area contributed by atoms with Gasteiger partial charge in [0.1, 0.15) is 0 Å². The summed E-state index contributed by atoms with van der Waals surface area (Å²) >= 11 is 0. The molecule has 2 aromatic rings. The zero-order valence-electron chi connectivity index (χ0n) is 15.0. The largest absolute Gasteiger partial charge is 0.416 e. The van der Waals surface area contributed by atoms with Gasteiger partial charge in [-0.25, -0.2) is 0 Å². The maximum atomic E-state index is 12.9. The highest BCUT2D eigenvalue weighted by molar-refractivity contribution is 5.86. The first-order valence-electron chi connectivity index (χ1n) is 8.70. The second kappa shape index (κ2) is 7.47. The number of hydrogen-bond donors (Lipinski definition) is 0. The van der Waals surface area contributed by atoms with Gasteiger partial charge in [-0.3, -0.25) is 4.79 Å². The van der Waals surface area contributed by atoms with Gasteiger partial charge >= 0.3 is 6.18 Å². The fourth-order valence-corrected chi connectivity index (χ4v) is 3.51. The molecule has 0 saturated heterocycles. The summed E-state index contributed by atoms with van der Waals surface area (Å²) in [6, 6.07) is 13.1. The van der Waals surface area contributed by atoms with E-state index in [0.717, 1.165) is 29.8 Å². The van der Waals surface area contributed by atoms with Gasteiger partial charge in [0.15, 0.2) is 0 Å². The van der Waals surface area contributed by atoms with Gasteiger partial charge < -0.3 is 9.80 Å². The van der Waals surface area contributed by atoms with Crippen molar-refractivity contribution in [1.29, 1.82) is 0 Å². The molecule has 0 spiro atoms. The van der Waals surface area contributed by atoms with Crippen molar-refractivity contribution in [2.24, 2.45) is 5.92 Å². The minimum absolute atomic E-state index is 0.144. The summed E-state index contributed by atoms with van der Waals surface area (Å²) in [7, 11) is 1.73. The normalized spacial score (nSPS) is 16.6. The number of carbonyl (C=O) groups is 1. The second-order valence-electron chi connectivity index (χ2n) is 6.78. The third kappa shape index (κ3) is 4.15. The van der Waals surface area contributed by atoms with Gasteiger partial charge in [-0.05, 0) is 54.3 Å². The van der Waals surface area contributed by atoms with Crippen molar-refractivity contribution in [2.45, 2.75) is 12.6 Å². The fraction of sp³-hybridized carbons (Fsp3) is 0.286. The number of halogens is 3. The van der Waals surface area contributed by atoms with Crippen LogP contribution in [-0.2, 0) is 17.4 Å². The van der Waals surface area contributed by atoms with Crippen molar-refractivity contribution in [3.05, 3.63) is 72.3 Å². The van der Waals surface area contributed by atoms with Crippen LogP contribution in [0.5, 0.6) is 0 Å².